The molecule has 0 amide bonds. The van der Waals surface area contributed by atoms with Crippen molar-refractivity contribution in [2.24, 2.45) is 0 Å². The van der Waals surface area contributed by atoms with Crippen LogP contribution >= 0.6 is 9.39 Å². The summed E-state index contributed by atoms with van der Waals surface area (Å²) >= 11 is 0. The van der Waals surface area contributed by atoms with Gasteiger partial charge in [0.05, 0.1) is 17.9 Å². The highest BCUT2D eigenvalue weighted by Crippen LogP contribution is 2.33. The van der Waals surface area contributed by atoms with Crippen molar-refractivity contribution in [2.75, 3.05) is 6.54 Å². The molecule has 1 fully saturated rings. The van der Waals surface area contributed by atoms with Crippen LogP contribution in [0.5, 0.6) is 0 Å². The van der Waals surface area contributed by atoms with Crippen molar-refractivity contribution < 1.29 is 1.43 Å². The normalized spacial score (nSPS) is 16.1. The number of H-pyrrole nitrogens is 1. The average Bonchev–Trinajstić information content (AvgIpc) is 3.37. The lowest BCUT2D eigenvalue weighted by Crippen LogP contribution is -2.12. The summed E-state index contributed by atoms with van der Waals surface area (Å²) in [6.45, 7) is 7.19. The molecule has 1 aliphatic rings. The van der Waals surface area contributed by atoms with Crippen LogP contribution in [0.2, 0.25) is 0 Å². The first kappa shape index (κ1) is 20.3. The standard InChI is InChI=1S/C22H22N3P.C2H6.H2/c1-16-4-2-5-18(14-16)8-7-17-9-11-19(12-10-17)20-15-23-22(24-20)21-6-3-13-25(21)26;1-2;/h2,4-5,9-12,14-15,21H,3,6,13,26H2,1H3,(H,23,24);1-2H3;1H. The highest BCUT2D eigenvalue weighted by atomic mass is 31.0. The Bertz CT molecular complexity index is 970. The quantitative estimate of drug-likeness (QED) is 0.430. The van der Waals surface area contributed by atoms with Crippen LogP contribution in [0.25, 0.3) is 11.3 Å². The summed E-state index contributed by atoms with van der Waals surface area (Å²) in [4.78, 5) is 8.08. The van der Waals surface area contributed by atoms with Gasteiger partial charge in [-0.3, -0.25) is 4.67 Å². The fourth-order valence-corrected chi connectivity index (χ4v) is 3.81. The van der Waals surface area contributed by atoms with E-state index in [0.29, 0.717) is 6.04 Å². The van der Waals surface area contributed by atoms with Gasteiger partial charge < -0.3 is 4.98 Å². The summed E-state index contributed by atoms with van der Waals surface area (Å²) in [5.74, 6) is 7.52. The predicted molar refractivity (Wildman–Crippen MR) is 123 cm³/mol. The molecule has 0 radical (unpaired) electrons. The second-order valence-electron chi connectivity index (χ2n) is 6.77. The first-order valence-corrected chi connectivity index (χ1v) is 10.5. The van der Waals surface area contributed by atoms with Crippen molar-refractivity contribution in [1.82, 2.24) is 14.6 Å². The number of hydrogen-bond donors (Lipinski definition) is 1. The van der Waals surface area contributed by atoms with Crippen LogP contribution in [0.15, 0.2) is 54.7 Å². The lowest BCUT2D eigenvalue weighted by Gasteiger charge is -2.16. The predicted octanol–water partition coefficient (Wildman–Crippen LogP) is 5.98. The first-order valence-electron chi connectivity index (χ1n) is 9.94. The molecule has 146 valence electrons. The monoisotopic (exact) mass is 391 g/mol. The number of hydrogen-bond acceptors (Lipinski definition) is 2. The molecule has 0 aliphatic carbocycles. The van der Waals surface area contributed by atoms with Crippen LogP contribution < -0.4 is 0 Å². The van der Waals surface area contributed by atoms with E-state index < -0.39 is 0 Å². The molecule has 2 unspecified atom stereocenters. The second kappa shape index (κ2) is 9.69. The minimum absolute atomic E-state index is 0. The van der Waals surface area contributed by atoms with E-state index >= 15 is 0 Å². The molecule has 2 heterocycles. The Kier molecular flexibility index (Phi) is 7.04. The first-order chi connectivity index (χ1) is 13.7. The van der Waals surface area contributed by atoms with Gasteiger partial charge >= 0.3 is 0 Å². The summed E-state index contributed by atoms with van der Waals surface area (Å²) < 4.78 is 2.28. The number of benzene rings is 2. The van der Waals surface area contributed by atoms with Crippen LogP contribution in [0.4, 0.5) is 0 Å². The van der Waals surface area contributed by atoms with Gasteiger partial charge in [-0.05, 0) is 55.2 Å². The van der Waals surface area contributed by atoms with Gasteiger partial charge in [0, 0.05) is 19.1 Å². The Morgan fingerprint density at radius 3 is 2.54 bits per heavy atom. The zero-order chi connectivity index (χ0) is 19.9. The van der Waals surface area contributed by atoms with E-state index in [1.54, 1.807) is 0 Å². The van der Waals surface area contributed by atoms with Gasteiger partial charge in [-0.2, -0.15) is 0 Å². The number of imidazole rings is 1. The van der Waals surface area contributed by atoms with Crippen molar-refractivity contribution in [3.8, 4) is 23.1 Å². The van der Waals surface area contributed by atoms with E-state index in [1.807, 2.05) is 32.2 Å². The summed E-state index contributed by atoms with van der Waals surface area (Å²) in [6, 6.07) is 17.0. The van der Waals surface area contributed by atoms with Gasteiger partial charge in [0.15, 0.2) is 0 Å². The molecule has 1 aromatic heterocycles. The molecule has 0 saturated carbocycles. The smallest absolute Gasteiger partial charge is 0.124 e. The lowest BCUT2D eigenvalue weighted by molar-refractivity contribution is 0.434. The third kappa shape index (κ3) is 4.90. The molecule has 3 aromatic rings. The molecule has 0 spiro atoms. The third-order valence-electron chi connectivity index (χ3n) is 4.77. The number of aromatic amines is 1. The summed E-state index contributed by atoms with van der Waals surface area (Å²) in [6.07, 6.45) is 4.31. The van der Waals surface area contributed by atoms with Gasteiger partial charge in [0.1, 0.15) is 5.82 Å². The number of aromatic nitrogens is 2. The molecule has 3 nitrogen and oxygen atoms in total. The van der Waals surface area contributed by atoms with Gasteiger partial charge in [-0.15, -0.1) is 0 Å². The summed E-state index contributed by atoms with van der Waals surface area (Å²) in [7, 11) is 2.81. The van der Waals surface area contributed by atoms with E-state index in [0.717, 1.165) is 41.2 Å². The van der Waals surface area contributed by atoms with Crippen LogP contribution in [0.3, 0.4) is 0 Å². The number of nitrogens with zero attached hydrogens (tertiary/aromatic N) is 2. The SMILES string of the molecule is CC.Cc1cccc(C#Cc2ccc(-c3cnc(C4CCCN4P)[nH]3)cc2)c1.[HH]. The lowest BCUT2D eigenvalue weighted by atomic mass is 10.1. The molecule has 0 bridgehead atoms. The van der Waals surface area contributed by atoms with Crippen LogP contribution in [0, 0.1) is 18.8 Å². The van der Waals surface area contributed by atoms with E-state index in [2.05, 4.69) is 79.2 Å². The fourth-order valence-electron chi connectivity index (χ4n) is 3.34. The van der Waals surface area contributed by atoms with Crippen molar-refractivity contribution in [2.45, 2.75) is 39.7 Å². The summed E-state index contributed by atoms with van der Waals surface area (Å²) in [5, 5.41) is 0. The highest BCUT2D eigenvalue weighted by molar-refractivity contribution is 7.13. The van der Waals surface area contributed by atoms with Crippen molar-refractivity contribution in [1.29, 1.82) is 0 Å². The minimum Gasteiger partial charge on any atom is -0.341 e. The van der Waals surface area contributed by atoms with Gasteiger partial charge in [0.25, 0.3) is 0 Å². The second-order valence-corrected chi connectivity index (χ2v) is 7.44. The van der Waals surface area contributed by atoms with Gasteiger partial charge in [-0.1, -0.05) is 59.3 Å². The van der Waals surface area contributed by atoms with Crippen LogP contribution in [-0.2, 0) is 0 Å². The molecule has 4 heteroatoms. The molecule has 1 saturated heterocycles. The Labute approximate surface area is 172 Å². The number of aryl methyl sites for hydroxylation is 1. The molecular formula is C24H30N3P. The highest BCUT2D eigenvalue weighted by Gasteiger charge is 2.25. The van der Waals surface area contributed by atoms with Crippen molar-refractivity contribution in [3.05, 3.63) is 77.2 Å². The van der Waals surface area contributed by atoms with E-state index in [-0.39, 0.29) is 1.43 Å². The summed E-state index contributed by atoms with van der Waals surface area (Å²) in [5.41, 5.74) is 5.49. The zero-order valence-electron chi connectivity index (χ0n) is 16.9. The van der Waals surface area contributed by atoms with Gasteiger partial charge in [-0.25, -0.2) is 4.98 Å². The molecule has 4 rings (SSSR count). The largest absolute Gasteiger partial charge is 0.341 e. The van der Waals surface area contributed by atoms with Crippen molar-refractivity contribution in [3.63, 3.8) is 0 Å². The van der Waals surface area contributed by atoms with E-state index in [1.165, 1.54) is 12.0 Å². The molecule has 28 heavy (non-hydrogen) atoms. The van der Waals surface area contributed by atoms with Crippen LogP contribution in [-0.4, -0.2) is 21.2 Å². The molecular weight excluding hydrogens is 361 g/mol. The van der Waals surface area contributed by atoms with Crippen LogP contribution in [0.1, 0.15) is 56.7 Å². The molecule has 2 aromatic carbocycles. The Balaban J connectivity index is 0.000000970. The molecule has 1 N–H and O–H groups in total. The number of rotatable bonds is 2. The van der Waals surface area contributed by atoms with E-state index in [4.69, 9.17) is 0 Å². The third-order valence-corrected chi connectivity index (χ3v) is 5.39. The maximum atomic E-state index is 4.59. The maximum Gasteiger partial charge on any atom is 0.124 e. The van der Waals surface area contributed by atoms with E-state index in [9.17, 15) is 0 Å². The Morgan fingerprint density at radius 1 is 1.11 bits per heavy atom. The average molecular weight is 391 g/mol. The zero-order valence-corrected chi connectivity index (χ0v) is 18.0. The Hall–Kier alpha value is -2.40. The topological polar surface area (TPSA) is 31.9 Å². The minimum atomic E-state index is 0. The van der Waals surface area contributed by atoms with Gasteiger partial charge in [0.2, 0.25) is 0 Å². The van der Waals surface area contributed by atoms with Crippen molar-refractivity contribution >= 4 is 9.39 Å². The molecule has 2 atom stereocenters. The molecule has 1 aliphatic heterocycles. The number of nitrogens with one attached hydrogen (secondary N) is 1. The fraction of sp³-hybridized carbons (Fsp3) is 0.292. The Morgan fingerprint density at radius 2 is 1.86 bits per heavy atom. The maximum absolute atomic E-state index is 4.59.